The van der Waals surface area contributed by atoms with Crippen LogP contribution in [0.4, 0.5) is 30.8 Å². The highest BCUT2D eigenvalue weighted by Gasteiger charge is 2.45. The number of hydrogen-bond acceptors (Lipinski definition) is 15. The van der Waals surface area contributed by atoms with Crippen molar-refractivity contribution in [2.45, 2.75) is 120 Å². The number of piperidine rings is 2. The molecule has 2 unspecified atom stereocenters. The Hall–Kier alpha value is -7.21. The van der Waals surface area contributed by atoms with Gasteiger partial charge >= 0.3 is 12.1 Å². The van der Waals surface area contributed by atoms with Crippen molar-refractivity contribution in [1.29, 1.82) is 0 Å². The number of aryl methyl sites for hydroxylation is 1. The fraction of sp³-hybridized carbons (Fsp3) is 0.517. The number of hydrogen-bond donors (Lipinski definition) is 2. The van der Waals surface area contributed by atoms with Crippen LogP contribution in [0.2, 0.25) is 0 Å². The molecule has 9 heterocycles. The molecule has 20 heteroatoms. The van der Waals surface area contributed by atoms with Gasteiger partial charge in [0.1, 0.15) is 41.8 Å². The number of carbonyl (C=O) groups excluding carboxylic acids is 4. The molecule has 3 N–H and O–H groups in total. The number of likely N-dealkylation sites (N-methyl/N-ethyl adjacent to an activating group) is 1. The van der Waals surface area contributed by atoms with Gasteiger partial charge < -0.3 is 54.4 Å². The Labute approximate surface area is 464 Å². The quantitative estimate of drug-likeness (QED) is 0.0723. The third-order valence-electron chi connectivity index (χ3n) is 17.5. The molecule has 3 aromatic carbocycles. The van der Waals surface area contributed by atoms with Crippen LogP contribution < -0.4 is 25.6 Å². The predicted molar refractivity (Wildman–Crippen MR) is 298 cm³/mol. The van der Waals surface area contributed by atoms with Crippen LogP contribution in [0.5, 0.6) is 6.01 Å². The second kappa shape index (κ2) is 23.5. The van der Waals surface area contributed by atoms with Crippen LogP contribution in [0.3, 0.4) is 0 Å². The van der Waals surface area contributed by atoms with Gasteiger partial charge in [0.15, 0.2) is 5.82 Å². The number of likely N-dealkylation sites (tertiary alicyclic amines) is 1. The van der Waals surface area contributed by atoms with Crippen LogP contribution in [0.1, 0.15) is 104 Å². The molecule has 3 amide bonds. The minimum absolute atomic E-state index is 0.0191. The summed E-state index contributed by atoms with van der Waals surface area (Å²) in [5.41, 5.74) is 10.5. The van der Waals surface area contributed by atoms with Crippen LogP contribution in [0.25, 0.3) is 32.9 Å². The van der Waals surface area contributed by atoms with E-state index in [1.807, 2.05) is 12.1 Å². The summed E-state index contributed by atoms with van der Waals surface area (Å²) in [6.07, 6.45) is 17.3. The number of halogens is 2. The first-order chi connectivity index (χ1) is 38.9. The summed E-state index contributed by atoms with van der Waals surface area (Å²) < 4.78 is 55.4. The first-order valence-corrected chi connectivity index (χ1v) is 28.3. The normalized spacial score (nSPS) is 20.5. The number of aromatic nitrogens is 3. The molecular formula is C60H70F2N10O8. The van der Waals surface area contributed by atoms with Gasteiger partial charge in [-0.3, -0.25) is 14.5 Å². The van der Waals surface area contributed by atoms with Gasteiger partial charge in [-0.1, -0.05) is 12.0 Å². The number of aldehydes is 1. The van der Waals surface area contributed by atoms with E-state index in [1.54, 1.807) is 35.0 Å². The van der Waals surface area contributed by atoms with Gasteiger partial charge in [0.25, 0.3) is 5.91 Å². The molecule has 0 saturated carbocycles. The smallest absolute Gasteiger partial charge is 0.409 e. The Bertz CT molecular complexity index is 3220. The number of nitrogens with one attached hydrogen (secondary N) is 1. The van der Waals surface area contributed by atoms with Crippen LogP contribution >= 0.6 is 0 Å². The molecule has 12 rings (SSSR count). The van der Waals surface area contributed by atoms with E-state index in [1.165, 1.54) is 13.2 Å². The lowest BCUT2D eigenvalue weighted by Crippen LogP contribution is -2.46. The van der Waals surface area contributed by atoms with Gasteiger partial charge in [0.2, 0.25) is 5.91 Å². The lowest BCUT2D eigenvalue weighted by Gasteiger charge is -2.37. The Balaban J connectivity index is 0.000000173. The van der Waals surface area contributed by atoms with Gasteiger partial charge in [0.05, 0.1) is 54.1 Å². The first-order valence-electron chi connectivity index (χ1n) is 28.3. The van der Waals surface area contributed by atoms with Gasteiger partial charge in [-0.2, -0.15) is 9.97 Å². The summed E-state index contributed by atoms with van der Waals surface area (Å²) in [5, 5.41) is 4.20. The summed E-state index contributed by atoms with van der Waals surface area (Å²) in [7, 11) is 2.95. The molecule has 2 aromatic heterocycles. The van der Waals surface area contributed by atoms with Crippen LogP contribution in [0.15, 0.2) is 42.5 Å². The van der Waals surface area contributed by atoms with E-state index in [0.29, 0.717) is 96.8 Å². The van der Waals surface area contributed by atoms with Crippen molar-refractivity contribution in [3.63, 3.8) is 0 Å². The minimum Gasteiger partial charge on any atom is -0.461 e. The summed E-state index contributed by atoms with van der Waals surface area (Å²) in [5.74, 6) is 1.47. The molecule has 7 aliphatic rings. The van der Waals surface area contributed by atoms with E-state index in [-0.39, 0.29) is 70.9 Å². The van der Waals surface area contributed by atoms with E-state index in [9.17, 15) is 23.6 Å². The molecule has 0 spiro atoms. The number of anilines is 3. The zero-order chi connectivity index (χ0) is 55.7. The van der Waals surface area contributed by atoms with E-state index in [0.717, 1.165) is 114 Å². The number of amides is 3. The lowest BCUT2D eigenvalue weighted by molar-refractivity contribution is -0.125. The number of nitrogens with two attached hydrogens (primary N) is 1. The summed E-state index contributed by atoms with van der Waals surface area (Å²) in [6, 6.07) is 11.6. The van der Waals surface area contributed by atoms with Gasteiger partial charge in [0, 0.05) is 87.2 Å². The van der Waals surface area contributed by atoms with Crippen LogP contribution in [0, 0.1) is 24.0 Å². The van der Waals surface area contributed by atoms with E-state index in [4.69, 9.17) is 46.1 Å². The highest BCUT2D eigenvalue weighted by atomic mass is 19.1. The highest BCUT2D eigenvalue weighted by Crippen LogP contribution is 2.43. The number of rotatable bonds is 12. The number of benzene rings is 3. The molecule has 0 bridgehead atoms. The zero-order valence-electron chi connectivity index (χ0n) is 45.7. The van der Waals surface area contributed by atoms with Crippen molar-refractivity contribution in [3.8, 4) is 29.6 Å². The molecule has 5 aromatic rings. The van der Waals surface area contributed by atoms with Gasteiger partial charge in [-0.05, 0) is 137 Å². The molecule has 18 nitrogen and oxygen atoms in total. The minimum atomic E-state index is -0.657. The number of methoxy groups -OCH3 is 1. The summed E-state index contributed by atoms with van der Waals surface area (Å²) in [6.45, 7) is 7.96. The maximum Gasteiger partial charge on any atom is 0.409 e. The SMILES string of the molecule is C#Cc1c(F)ccc2cc(N)cc(-c3nc4c5c(nc(OCC67CCCN6CCC7)nc5c3F)N3CCCOCC3CC4)c12.CNC(=O)C(CCC=O)N1Cc2cc(N3CCC(OC4CCN(C(=O)OC)CC4)CC3)ccc2C1=O. The maximum atomic E-state index is 17.0. The molecule has 2 atom stereocenters. The molecule has 7 aliphatic heterocycles. The number of nitrogen functional groups attached to an aromatic ring is 1. The first kappa shape index (κ1) is 54.7. The van der Waals surface area contributed by atoms with Crippen molar-refractivity contribution in [2.75, 3.05) is 95.3 Å². The fourth-order valence-corrected chi connectivity index (χ4v) is 13.4. The average Bonchev–Trinajstić information content (AvgIpc) is 4.09. The molecule has 0 radical (unpaired) electrons. The van der Waals surface area contributed by atoms with Crippen molar-refractivity contribution >= 4 is 63.1 Å². The molecule has 80 heavy (non-hydrogen) atoms. The van der Waals surface area contributed by atoms with Gasteiger partial charge in [-0.25, -0.2) is 18.6 Å². The number of ether oxygens (including phenoxy) is 4. The van der Waals surface area contributed by atoms with Crippen LogP contribution in [-0.2, 0) is 36.8 Å². The Morgan fingerprint density at radius 3 is 2.42 bits per heavy atom. The second-order valence-corrected chi connectivity index (χ2v) is 22.2. The average molecular weight is 1100 g/mol. The Morgan fingerprint density at radius 1 is 0.938 bits per heavy atom. The number of nitrogens with zero attached hydrogens (tertiary/aromatic N) is 8. The fourth-order valence-electron chi connectivity index (χ4n) is 13.4. The molecule has 0 aliphatic carbocycles. The van der Waals surface area contributed by atoms with Crippen molar-refractivity contribution < 1.29 is 46.9 Å². The molecule has 5 saturated heterocycles. The maximum absolute atomic E-state index is 17.0. The third kappa shape index (κ3) is 10.7. The largest absolute Gasteiger partial charge is 0.461 e. The number of terminal acetylenes is 1. The summed E-state index contributed by atoms with van der Waals surface area (Å²) >= 11 is 0. The molecule has 422 valence electrons. The second-order valence-electron chi connectivity index (χ2n) is 22.2. The topological polar surface area (TPSA) is 198 Å². The number of pyridine rings is 1. The van der Waals surface area contributed by atoms with E-state index < -0.39 is 17.7 Å². The Kier molecular flexibility index (Phi) is 16.1. The summed E-state index contributed by atoms with van der Waals surface area (Å²) in [4.78, 5) is 72.9. The van der Waals surface area contributed by atoms with E-state index in [2.05, 4.69) is 32.0 Å². The van der Waals surface area contributed by atoms with E-state index >= 15 is 4.39 Å². The monoisotopic (exact) mass is 1100 g/mol. The predicted octanol–water partition coefficient (Wildman–Crippen LogP) is 7.19. The standard InChI is InChI=1S/C34H34F2N6O2.C26H36N4O6/c1-2-23-25(35)8-6-20-16-21(37)17-24(27(20)23)30-29(36)31-28-26(38-30)9-7-22-18-43-15-5-14-42(22)32(28)40-33(39-31)44-19-34-10-3-12-41(34)13-4-11-34;1-27-24(32)23(4-3-15-31)30-17-18-16-19(5-6-22(18)25(30)33)28-11-7-20(8-12-28)36-21-9-13-29(14-10-21)26(34)35-2/h1,6,8,16-17,22H,3-5,7,9-15,18-19,37H2;5-6,15-16,20-21,23H,3-4,7-14,17H2,1-2H3,(H,27,32). The molecular weight excluding hydrogens is 1030 g/mol. The van der Waals surface area contributed by atoms with Gasteiger partial charge in [-0.15, -0.1) is 6.42 Å². The van der Waals surface area contributed by atoms with Crippen LogP contribution in [-0.4, -0.2) is 163 Å². The highest BCUT2D eigenvalue weighted by molar-refractivity contribution is 6.05. The number of fused-ring (bicyclic) bond motifs is 5. The molecule has 5 fully saturated rings. The zero-order valence-corrected chi connectivity index (χ0v) is 45.7. The van der Waals surface area contributed by atoms with Crippen molar-refractivity contribution in [1.82, 2.24) is 35.0 Å². The van der Waals surface area contributed by atoms with Crippen molar-refractivity contribution in [2.24, 2.45) is 0 Å². The third-order valence-corrected chi connectivity index (χ3v) is 17.5. The lowest BCUT2D eigenvalue weighted by atomic mass is 9.95. The Morgan fingerprint density at radius 2 is 1.70 bits per heavy atom. The van der Waals surface area contributed by atoms with Crippen molar-refractivity contribution in [3.05, 3.63) is 76.5 Å². The number of carbonyl (C=O) groups is 4.